The number of halogens is 1. The Bertz CT molecular complexity index is 753. The molecule has 0 saturated carbocycles. The van der Waals surface area contributed by atoms with Gasteiger partial charge in [-0.25, -0.2) is 14.7 Å². The van der Waals surface area contributed by atoms with Crippen molar-refractivity contribution in [2.45, 2.75) is 0 Å². The van der Waals surface area contributed by atoms with Crippen LogP contribution in [0.2, 0.25) is 0 Å². The van der Waals surface area contributed by atoms with Crippen molar-refractivity contribution < 1.29 is 26.3 Å². The molecule has 4 aliphatic rings. The van der Waals surface area contributed by atoms with Gasteiger partial charge in [-0.1, -0.05) is 42.5 Å². The number of benzene rings is 2. The lowest BCUT2D eigenvalue weighted by molar-refractivity contribution is -0.973. The Morgan fingerprint density at radius 3 is 2.12 bits per heavy atom. The van der Waals surface area contributed by atoms with E-state index >= 15 is 0 Å². The number of ketones is 1. The van der Waals surface area contributed by atoms with Crippen LogP contribution in [0.15, 0.2) is 42.5 Å². The van der Waals surface area contributed by atoms with Crippen molar-refractivity contribution in [3.8, 4) is 0 Å². The molecule has 0 spiro atoms. The fourth-order valence-corrected chi connectivity index (χ4v) is 4.67. The minimum atomic E-state index is 0. The summed E-state index contributed by atoms with van der Waals surface area (Å²) in [7, 11) is 0. The summed E-state index contributed by atoms with van der Waals surface area (Å²) in [5, 5.41) is 2.22. The van der Waals surface area contributed by atoms with Gasteiger partial charge in [0, 0.05) is 5.56 Å². The van der Waals surface area contributed by atoms with E-state index in [2.05, 4.69) is 32.9 Å². The molecule has 4 aliphatic heterocycles. The van der Waals surface area contributed by atoms with Gasteiger partial charge >= 0.3 is 0 Å². The van der Waals surface area contributed by atoms with Gasteiger partial charge in [0.25, 0.3) is 0 Å². The van der Waals surface area contributed by atoms with E-state index in [0.717, 1.165) is 60.8 Å². The van der Waals surface area contributed by atoms with Crippen LogP contribution in [0.3, 0.4) is 0 Å². The largest absolute Gasteiger partial charge is 1.00 e. The zero-order valence-electron chi connectivity index (χ0n) is 13.6. The molecule has 4 bridgehead atoms. The fourth-order valence-electron chi connectivity index (χ4n) is 4.67. The Morgan fingerprint density at radius 1 is 0.875 bits per heavy atom. The molecule has 126 valence electrons. The van der Waals surface area contributed by atoms with Gasteiger partial charge in [0.2, 0.25) is 5.78 Å². The molecule has 2 aromatic carbocycles. The molecule has 2 aromatic rings. The minimum Gasteiger partial charge on any atom is -1.00 e. The Morgan fingerprint density at radius 2 is 1.46 bits per heavy atom. The summed E-state index contributed by atoms with van der Waals surface area (Å²) in [5.74, 6) is 0.271. The third kappa shape index (κ3) is 2.59. The van der Waals surface area contributed by atoms with Crippen LogP contribution >= 0.6 is 0 Å². The first-order chi connectivity index (χ1) is 11.2. The molecule has 0 N–H and O–H groups in total. The highest BCUT2D eigenvalue weighted by atomic mass is 79.9. The van der Waals surface area contributed by atoms with Crippen molar-refractivity contribution in [3.05, 3.63) is 48.0 Å². The molecule has 0 aliphatic carbocycles. The van der Waals surface area contributed by atoms with Crippen molar-refractivity contribution >= 4 is 16.6 Å². The summed E-state index contributed by atoms with van der Waals surface area (Å²) in [5.41, 5.74) is 0.872. The minimum absolute atomic E-state index is 0. The standard InChI is InChI=1S/C18H21N4O.BrH/c23-18(17-7-3-5-15-4-1-2-6-16(15)17)8-22-12-19-9-20(13-22)11-21(10-19)14-22;/h1-7H,8-14H2;1H/q+1;/p-1. The lowest BCUT2D eigenvalue weighted by atomic mass is 10.0. The van der Waals surface area contributed by atoms with Crippen LogP contribution in [0.5, 0.6) is 0 Å². The number of hydrogen-bond acceptors (Lipinski definition) is 4. The van der Waals surface area contributed by atoms with E-state index in [0.29, 0.717) is 6.54 Å². The second-order valence-electron chi connectivity index (χ2n) is 7.31. The van der Waals surface area contributed by atoms with Crippen LogP contribution in [-0.2, 0) is 0 Å². The van der Waals surface area contributed by atoms with Gasteiger partial charge in [-0.05, 0) is 10.8 Å². The molecule has 0 unspecified atom stereocenters. The number of nitrogens with zero attached hydrogens (tertiary/aromatic N) is 4. The smallest absolute Gasteiger partial charge is 0.217 e. The zero-order chi connectivity index (χ0) is 15.4. The molecular formula is C18H21BrN4O. The molecule has 4 saturated heterocycles. The average Bonchev–Trinajstić information content (AvgIpc) is 2.52. The predicted octanol–water partition coefficient (Wildman–Crippen LogP) is -1.46. The second-order valence-corrected chi connectivity index (χ2v) is 7.31. The SMILES string of the molecule is O=C(C[N+]12CN3CN(CN(C3)C1)C2)c1cccc2ccccc12.[Br-]. The average molecular weight is 389 g/mol. The molecule has 4 heterocycles. The predicted molar refractivity (Wildman–Crippen MR) is 88.1 cm³/mol. The van der Waals surface area contributed by atoms with Gasteiger partial charge in [-0.15, -0.1) is 0 Å². The maximum atomic E-state index is 13.1. The lowest BCUT2D eigenvalue weighted by Crippen LogP contribution is -3.00. The number of Topliss-reactive ketones (excluding diaryl/α,β-unsaturated/α-hetero) is 1. The summed E-state index contributed by atoms with van der Waals surface area (Å²) < 4.78 is 0.863. The first kappa shape index (κ1) is 16.2. The number of quaternary nitrogens is 1. The van der Waals surface area contributed by atoms with Crippen LogP contribution in [0, 0.1) is 0 Å². The Balaban J connectivity index is 0.00000146. The topological polar surface area (TPSA) is 26.8 Å². The van der Waals surface area contributed by atoms with Crippen LogP contribution in [0.1, 0.15) is 10.4 Å². The number of rotatable bonds is 3. The van der Waals surface area contributed by atoms with Crippen LogP contribution in [0.4, 0.5) is 0 Å². The molecule has 5 nitrogen and oxygen atoms in total. The number of hydrogen-bond donors (Lipinski definition) is 0. The second kappa shape index (κ2) is 5.89. The summed E-state index contributed by atoms with van der Waals surface area (Å²) in [6.45, 7) is 6.77. The first-order valence-corrected chi connectivity index (χ1v) is 8.24. The van der Waals surface area contributed by atoms with Gasteiger partial charge in [0.15, 0.2) is 0 Å². The van der Waals surface area contributed by atoms with Crippen molar-refractivity contribution in [2.75, 3.05) is 46.6 Å². The molecule has 0 aromatic heterocycles. The van der Waals surface area contributed by atoms with E-state index in [-0.39, 0.29) is 22.8 Å². The molecule has 4 fully saturated rings. The van der Waals surface area contributed by atoms with Crippen LogP contribution < -0.4 is 17.0 Å². The summed E-state index contributed by atoms with van der Waals surface area (Å²) in [6, 6.07) is 14.2. The molecule has 24 heavy (non-hydrogen) atoms. The molecule has 0 atom stereocenters. The van der Waals surface area contributed by atoms with Crippen molar-refractivity contribution in [1.29, 1.82) is 0 Å². The fraction of sp³-hybridized carbons (Fsp3) is 0.389. The molecule has 0 radical (unpaired) electrons. The first-order valence-electron chi connectivity index (χ1n) is 8.24. The molecular weight excluding hydrogens is 368 g/mol. The van der Waals surface area contributed by atoms with E-state index in [9.17, 15) is 4.79 Å². The molecule has 6 heteroatoms. The van der Waals surface area contributed by atoms with Gasteiger partial charge in [-0.2, -0.15) is 0 Å². The summed E-state index contributed by atoms with van der Waals surface area (Å²) >= 11 is 0. The number of fused-ring (bicyclic) bond motifs is 1. The van der Waals surface area contributed by atoms with Crippen molar-refractivity contribution in [2.24, 2.45) is 0 Å². The highest BCUT2D eigenvalue weighted by Crippen LogP contribution is 2.29. The Hall–Kier alpha value is -1.31. The third-order valence-corrected chi connectivity index (χ3v) is 5.27. The maximum absolute atomic E-state index is 13.1. The van der Waals surface area contributed by atoms with Gasteiger partial charge < -0.3 is 17.0 Å². The zero-order valence-corrected chi connectivity index (χ0v) is 15.2. The Labute approximate surface area is 152 Å². The van der Waals surface area contributed by atoms with Gasteiger partial charge in [-0.3, -0.25) is 9.28 Å². The van der Waals surface area contributed by atoms with Gasteiger partial charge in [0.1, 0.15) is 26.6 Å². The monoisotopic (exact) mass is 388 g/mol. The highest BCUT2D eigenvalue weighted by molar-refractivity contribution is 6.08. The molecule has 0 amide bonds. The lowest BCUT2D eigenvalue weighted by Gasteiger charge is -2.60. The highest BCUT2D eigenvalue weighted by Gasteiger charge is 2.49. The van der Waals surface area contributed by atoms with E-state index < -0.39 is 0 Å². The number of carbonyl (C=O) groups is 1. The third-order valence-electron chi connectivity index (χ3n) is 5.27. The Kier molecular flexibility index (Phi) is 3.97. The van der Waals surface area contributed by atoms with E-state index in [1.807, 2.05) is 24.3 Å². The van der Waals surface area contributed by atoms with Crippen LogP contribution in [-0.4, -0.2) is 71.5 Å². The summed E-state index contributed by atoms with van der Waals surface area (Å²) in [6.07, 6.45) is 0. The molecule has 6 rings (SSSR count). The van der Waals surface area contributed by atoms with E-state index in [1.54, 1.807) is 0 Å². The van der Waals surface area contributed by atoms with Crippen LogP contribution in [0.25, 0.3) is 10.8 Å². The van der Waals surface area contributed by atoms with Crippen molar-refractivity contribution in [3.63, 3.8) is 0 Å². The number of carbonyl (C=O) groups excluding carboxylic acids is 1. The normalized spacial score (nSPS) is 33.4. The van der Waals surface area contributed by atoms with E-state index in [4.69, 9.17) is 0 Å². The summed E-state index contributed by atoms with van der Waals surface area (Å²) in [4.78, 5) is 20.4. The quantitative estimate of drug-likeness (QED) is 0.474. The maximum Gasteiger partial charge on any atom is 0.217 e. The van der Waals surface area contributed by atoms with Crippen molar-refractivity contribution in [1.82, 2.24) is 14.7 Å². The van der Waals surface area contributed by atoms with Gasteiger partial charge in [0.05, 0.1) is 20.0 Å². The van der Waals surface area contributed by atoms with E-state index in [1.165, 1.54) is 0 Å².